The molecule has 1 rings (SSSR count). The molecule has 3 nitrogen and oxygen atoms in total. The van der Waals surface area contributed by atoms with Crippen LogP contribution in [0.1, 0.15) is 0 Å². The molecule has 10 heavy (non-hydrogen) atoms. The molecule has 0 saturated heterocycles. The Hall–Kier alpha value is -0.610. The van der Waals surface area contributed by atoms with Crippen molar-refractivity contribution in [3.8, 4) is 0 Å². The number of aromatic nitrogens is 1. The zero-order valence-electron chi connectivity index (χ0n) is 5.58. The minimum absolute atomic E-state index is 0.745. The largest absolute Gasteiger partial charge is 0.298 e. The van der Waals surface area contributed by atoms with Gasteiger partial charge in [-0.15, -0.1) is 0 Å². The highest BCUT2D eigenvalue weighted by Gasteiger charge is 1.95. The number of hydrazine groups is 1. The van der Waals surface area contributed by atoms with Gasteiger partial charge in [-0.2, -0.15) is 0 Å². The second-order valence-corrected chi connectivity index (χ2v) is 2.74. The van der Waals surface area contributed by atoms with Crippen LogP contribution in [0.4, 0.5) is 5.82 Å². The van der Waals surface area contributed by atoms with E-state index in [2.05, 4.69) is 20.9 Å². The Labute approximate surface area is 68.0 Å². The summed E-state index contributed by atoms with van der Waals surface area (Å²) in [6.07, 6.45) is 0. The molecule has 0 fully saturated rings. The summed E-state index contributed by atoms with van der Waals surface area (Å²) in [5.74, 6) is 6.18. The van der Waals surface area contributed by atoms with E-state index >= 15 is 0 Å². The van der Waals surface area contributed by atoms with Crippen LogP contribution in [0, 0.1) is 0 Å². The molecule has 0 aliphatic rings. The summed E-state index contributed by atoms with van der Waals surface area (Å²) < 4.78 is 0.794. The van der Waals surface area contributed by atoms with Crippen molar-refractivity contribution >= 4 is 21.7 Å². The Morgan fingerprint density at radius 2 is 2.30 bits per heavy atom. The zero-order valence-corrected chi connectivity index (χ0v) is 7.17. The minimum atomic E-state index is 0.745. The van der Waals surface area contributed by atoms with E-state index in [0.29, 0.717) is 0 Å². The number of halogens is 1. The molecule has 0 spiro atoms. The van der Waals surface area contributed by atoms with Gasteiger partial charge in [0, 0.05) is 7.05 Å². The normalized spacial score (nSPS) is 9.50. The molecule has 0 aliphatic heterocycles. The van der Waals surface area contributed by atoms with Crippen molar-refractivity contribution < 1.29 is 0 Å². The van der Waals surface area contributed by atoms with E-state index in [1.54, 1.807) is 7.05 Å². The average molecular weight is 202 g/mol. The van der Waals surface area contributed by atoms with E-state index < -0.39 is 0 Å². The van der Waals surface area contributed by atoms with Gasteiger partial charge in [-0.1, -0.05) is 6.07 Å². The molecule has 1 aromatic rings. The lowest BCUT2D eigenvalue weighted by Gasteiger charge is -2.09. The Morgan fingerprint density at radius 1 is 1.60 bits per heavy atom. The number of nitrogens with zero attached hydrogens (tertiary/aromatic N) is 2. The van der Waals surface area contributed by atoms with Gasteiger partial charge in [-0.25, -0.2) is 10.8 Å². The fourth-order valence-electron chi connectivity index (χ4n) is 0.594. The Morgan fingerprint density at radius 3 is 2.70 bits per heavy atom. The van der Waals surface area contributed by atoms with E-state index in [9.17, 15) is 0 Å². The fraction of sp³-hybridized carbons (Fsp3) is 0.167. The lowest BCUT2D eigenvalue weighted by molar-refractivity contribution is 0.972. The quantitative estimate of drug-likeness (QED) is 0.422. The SMILES string of the molecule is CN(N)c1cccc(Br)n1. The van der Waals surface area contributed by atoms with Crippen molar-refractivity contribution in [3.63, 3.8) is 0 Å². The highest BCUT2D eigenvalue weighted by atomic mass is 79.9. The third-order valence-corrected chi connectivity index (χ3v) is 1.50. The molecule has 0 unspecified atom stereocenters. The summed E-state index contributed by atoms with van der Waals surface area (Å²) in [6, 6.07) is 5.58. The van der Waals surface area contributed by atoms with Gasteiger partial charge in [0.15, 0.2) is 0 Å². The number of rotatable bonds is 1. The van der Waals surface area contributed by atoms with Crippen LogP contribution in [0.2, 0.25) is 0 Å². The van der Waals surface area contributed by atoms with E-state index in [-0.39, 0.29) is 0 Å². The second kappa shape index (κ2) is 2.98. The summed E-state index contributed by atoms with van der Waals surface area (Å²) in [5.41, 5.74) is 0. The molecular weight excluding hydrogens is 194 g/mol. The second-order valence-electron chi connectivity index (χ2n) is 1.93. The smallest absolute Gasteiger partial charge is 0.143 e. The molecule has 0 amide bonds. The van der Waals surface area contributed by atoms with Crippen LogP contribution in [0.5, 0.6) is 0 Å². The number of nitrogens with two attached hydrogens (primary N) is 1. The van der Waals surface area contributed by atoms with Crippen molar-refractivity contribution in [2.75, 3.05) is 12.1 Å². The first-order valence-electron chi connectivity index (χ1n) is 2.81. The third-order valence-electron chi connectivity index (χ3n) is 1.06. The van der Waals surface area contributed by atoms with Crippen molar-refractivity contribution in [1.82, 2.24) is 4.98 Å². The Balaban J connectivity index is 2.96. The summed E-state index contributed by atoms with van der Waals surface area (Å²) >= 11 is 3.24. The van der Waals surface area contributed by atoms with Gasteiger partial charge >= 0.3 is 0 Å². The van der Waals surface area contributed by atoms with Crippen LogP contribution in [0.15, 0.2) is 22.8 Å². The van der Waals surface area contributed by atoms with Crippen LogP contribution in [-0.4, -0.2) is 12.0 Å². The molecule has 0 aromatic carbocycles. The van der Waals surface area contributed by atoms with Gasteiger partial charge < -0.3 is 0 Å². The summed E-state index contributed by atoms with van der Waals surface area (Å²) in [4.78, 5) is 4.09. The predicted octanol–water partition coefficient (Wildman–Crippen LogP) is 1.15. The molecule has 0 bridgehead atoms. The van der Waals surface area contributed by atoms with Crippen LogP contribution >= 0.6 is 15.9 Å². The topological polar surface area (TPSA) is 42.1 Å². The molecule has 0 aliphatic carbocycles. The molecule has 2 N–H and O–H groups in total. The summed E-state index contributed by atoms with van der Waals surface area (Å²) in [5, 5.41) is 1.46. The van der Waals surface area contributed by atoms with Gasteiger partial charge in [0.2, 0.25) is 0 Å². The highest BCUT2D eigenvalue weighted by molar-refractivity contribution is 9.10. The first kappa shape index (κ1) is 7.50. The highest BCUT2D eigenvalue weighted by Crippen LogP contribution is 2.10. The monoisotopic (exact) mass is 201 g/mol. The minimum Gasteiger partial charge on any atom is -0.298 e. The molecule has 4 heteroatoms. The molecule has 0 radical (unpaired) electrons. The van der Waals surface area contributed by atoms with Crippen LogP contribution < -0.4 is 10.9 Å². The van der Waals surface area contributed by atoms with E-state index in [1.165, 1.54) is 5.01 Å². The van der Waals surface area contributed by atoms with E-state index in [0.717, 1.165) is 10.4 Å². The molecular formula is C6H8BrN3. The molecule has 1 heterocycles. The lowest BCUT2D eigenvalue weighted by atomic mass is 10.5. The zero-order chi connectivity index (χ0) is 7.56. The van der Waals surface area contributed by atoms with Crippen molar-refractivity contribution in [3.05, 3.63) is 22.8 Å². The van der Waals surface area contributed by atoms with Gasteiger partial charge in [-0.3, -0.25) is 5.01 Å². The van der Waals surface area contributed by atoms with Crippen LogP contribution in [0.3, 0.4) is 0 Å². The predicted molar refractivity (Wildman–Crippen MR) is 44.5 cm³/mol. The first-order chi connectivity index (χ1) is 4.70. The van der Waals surface area contributed by atoms with Gasteiger partial charge in [0.25, 0.3) is 0 Å². The van der Waals surface area contributed by atoms with Crippen LogP contribution in [-0.2, 0) is 0 Å². The summed E-state index contributed by atoms with van der Waals surface area (Å²) in [6.45, 7) is 0. The molecule has 0 atom stereocenters. The Kier molecular flexibility index (Phi) is 2.24. The van der Waals surface area contributed by atoms with Gasteiger partial charge in [0.05, 0.1) is 0 Å². The molecule has 0 saturated carbocycles. The Bertz CT molecular complexity index is 224. The van der Waals surface area contributed by atoms with Gasteiger partial charge in [-0.05, 0) is 28.1 Å². The fourth-order valence-corrected chi connectivity index (χ4v) is 0.928. The maximum absolute atomic E-state index is 5.43. The van der Waals surface area contributed by atoms with Crippen LogP contribution in [0.25, 0.3) is 0 Å². The average Bonchev–Trinajstić information content (AvgIpc) is 1.88. The molecule has 1 aromatic heterocycles. The standard InChI is InChI=1S/C6H8BrN3/c1-10(8)6-4-2-3-5(7)9-6/h2-4H,8H2,1H3. The maximum atomic E-state index is 5.43. The van der Waals surface area contributed by atoms with Crippen molar-refractivity contribution in [1.29, 1.82) is 0 Å². The number of anilines is 1. The number of hydrogen-bond donors (Lipinski definition) is 1. The summed E-state index contributed by atoms with van der Waals surface area (Å²) in [7, 11) is 1.74. The van der Waals surface area contributed by atoms with Crippen molar-refractivity contribution in [2.24, 2.45) is 5.84 Å². The third kappa shape index (κ3) is 1.68. The number of pyridine rings is 1. The first-order valence-corrected chi connectivity index (χ1v) is 3.60. The van der Waals surface area contributed by atoms with Crippen molar-refractivity contribution in [2.45, 2.75) is 0 Å². The molecule has 54 valence electrons. The maximum Gasteiger partial charge on any atom is 0.143 e. The lowest BCUT2D eigenvalue weighted by Crippen LogP contribution is -2.25. The van der Waals surface area contributed by atoms with E-state index in [4.69, 9.17) is 5.84 Å². The van der Waals surface area contributed by atoms with Gasteiger partial charge in [0.1, 0.15) is 10.4 Å². The number of hydrogen-bond acceptors (Lipinski definition) is 3. The van der Waals surface area contributed by atoms with E-state index in [1.807, 2.05) is 18.2 Å².